The number of sulfonamides is 1. The summed E-state index contributed by atoms with van der Waals surface area (Å²) in [6, 6.07) is 14.1. The van der Waals surface area contributed by atoms with Gasteiger partial charge in [0.2, 0.25) is 10.0 Å². The summed E-state index contributed by atoms with van der Waals surface area (Å²) in [5.74, 6) is 6.48. The zero-order valence-corrected chi connectivity index (χ0v) is 20.7. The molecule has 1 aliphatic heterocycles. The van der Waals surface area contributed by atoms with Crippen LogP contribution < -0.4 is 4.74 Å². The maximum Gasteiger partial charge on any atom is 0.247 e. The lowest BCUT2D eigenvalue weighted by atomic mass is 10.0. The fourth-order valence-electron chi connectivity index (χ4n) is 3.97. The number of fused-ring (bicyclic) bond motifs is 1. The number of nitrogens with zero attached hydrogens (tertiary/aromatic N) is 2. The summed E-state index contributed by atoms with van der Waals surface area (Å²) in [6.07, 6.45) is 0.816. The molecule has 6 nitrogen and oxygen atoms in total. The van der Waals surface area contributed by atoms with Crippen molar-refractivity contribution in [1.82, 2.24) is 9.21 Å². The Kier molecular flexibility index (Phi) is 8.55. The van der Waals surface area contributed by atoms with Gasteiger partial charge < -0.3 is 14.7 Å². The Morgan fingerprint density at radius 3 is 2.55 bits per heavy atom. The second-order valence-corrected chi connectivity index (χ2v) is 10.6. The quantitative estimate of drug-likeness (QED) is 0.657. The van der Waals surface area contributed by atoms with Crippen molar-refractivity contribution < 1.29 is 18.3 Å². The van der Waals surface area contributed by atoms with Crippen LogP contribution in [0.3, 0.4) is 0 Å². The Labute approximate surface area is 198 Å². The van der Waals surface area contributed by atoms with Crippen LogP contribution in [0.25, 0.3) is 0 Å². The molecule has 0 fully saturated rings. The molecule has 1 heterocycles. The first-order chi connectivity index (χ1) is 15.8. The molecule has 0 aliphatic carbocycles. The summed E-state index contributed by atoms with van der Waals surface area (Å²) in [4.78, 5) is 2.32. The van der Waals surface area contributed by atoms with E-state index in [9.17, 15) is 13.5 Å². The molecule has 178 valence electrons. The smallest absolute Gasteiger partial charge is 0.247 e. The van der Waals surface area contributed by atoms with E-state index in [2.05, 4.69) is 23.7 Å². The fourth-order valence-corrected chi connectivity index (χ4v) is 5.79. The minimum Gasteiger partial charge on any atom is -0.487 e. The highest BCUT2D eigenvalue weighted by Crippen LogP contribution is 2.34. The van der Waals surface area contributed by atoms with E-state index in [4.69, 9.17) is 4.74 Å². The predicted octanol–water partition coefficient (Wildman–Crippen LogP) is 3.20. The molecule has 0 saturated carbocycles. The average Bonchev–Trinajstić information content (AvgIpc) is 2.80. The molecule has 0 unspecified atom stereocenters. The van der Waals surface area contributed by atoms with E-state index in [0.717, 1.165) is 18.5 Å². The topological polar surface area (TPSA) is 70.1 Å². The van der Waals surface area contributed by atoms with E-state index < -0.39 is 16.1 Å². The highest BCUT2D eigenvalue weighted by molar-refractivity contribution is 7.89. The predicted molar refractivity (Wildman–Crippen MR) is 131 cm³/mol. The van der Waals surface area contributed by atoms with Crippen LogP contribution in [0.5, 0.6) is 5.75 Å². The molecular weight excluding hydrogens is 436 g/mol. The highest BCUT2D eigenvalue weighted by atomic mass is 32.2. The van der Waals surface area contributed by atoms with Crippen molar-refractivity contribution in [2.45, 2.75) is 44.2 Å². The average molecular weight is 471 g/mol. The largest absolute Gasteiger partial charge is 0.487 e. The van der Waals surface area contributed by atoms with Crippen molar-refractivity contribution in [1.29, 1.82) is 0 Å². The van der Waals surface area contributed by atoms with Gasteiger partial charge in [-0.25, -0.2) is 8.42 Å². The van der Waals surface area contributed by atoms with Gasteiger partial charge in [0.15, 0.2) is 0 Å². The Morgan fingerprint density at radius 2 is 1.88 bits per heavy atom. The number of hydrogen-bond acceptors (Lipinski definition) is 5. The summed E-state index contributed by atoms with van der Waals surface area (Å²) in [5, 5.41) is 9.76. The third-order valence-corrected chi connectivity index (χ3v) is 7.91. The molecule has 0 bridgehead atoms. The van der Waals surface area contributed by atoms with Crippen molar-refractivity contribution in [2.24, 2.45) is 5.92 Å². The molecule has 0 aromatic heterocycles. The van der Waals surface area contributed by atoms with Gasteiger partial charge >= 0.3 is 0 Å². The van der Waals surface area contributed by atoms with E-state index in [1.165, 1.54) is 4.31 Å². The van der Waals surface area contributed by atoms with Crippen LogP contribution in [0.15, 0.2) is 53.4 Å². The van der Waals surface area contributed by atoms with E-state index in [1.807, 2.05) is 44.3 Å². The van der Waals surface area contributed by atoms with Gasteiger partial charge in [-0.1, -0.05) is 43.9 Å². The first-order valence-corrected chi connectivity index (χ1v) is 12.9. The van der Waals surface area contributed by atoms with Crippen molar-refractivity contribution in [3.8, 4) is 17.6 Å². The van der Waals surface area contributed by atoms with Gasteiger partial charge in [0.25, 0.3) is 0 Å². The fraction of sp³-hybridized carbons (Fsp3) is 0.462. The molecule has 1 aliphatic rings. The van der Waals surface area contributed by atoms with Gasteiger partial charge in [0.05, 0.1) is 6.61 Å². The number of benzene rings is 2. The molecule has 0 saturated heterocycles. The van der Waals surface area contributed by atoms with Crippen LogP contribution in [-0.2, 0) is 10.0 Å². The van der Waals surface area contributed by atoms with Crippen LogP contribution in [0.1, 0.15) is 38.3 Å². The molecule has 2 aromatic rings. The normalized spacial score (nSPS) is 21.2. The Bertz CT molecular complexity index is 1090. The number of likely N-dealkylation sites (N-methyl/N-ethyl adjacent to an activating group) is 1. The second-order valence-electron chi connectivity index (χ2n) is 8.78. The summed E-state index contributed by atoms with van der Waals surface area (Å²) in [5.41, 5.74) is 1.57. The van der Waals surface area contributed by atoms with Crippen molar-refractivity contribution in [3.63, 3.8) is 0 Å². The Morgan fingerprint density at radius 1 is 1.18 bits per heavy atom. The molecule has 33 heavy (non-hydrogen) atoms. The third-order valence-electron chi connectivity index (χ3n) is 5.89. The van der Waals surface area contributed by atoms with Crippen LogP contribution in [-0.4, -0.2) is 68.2 Å². The second kappa shape index (κ2) is 11.2. The monoisotopic (exact) mass is 470 g/mol. The van der Waals surface area contributed by atoms with Crippen LogP contribution >= 0.6 is 0 Å². The zero-order chi connectivity index (χ0) is 24.0. The Hall–Kier alpha value is -2.37. The van der Waals surface area contributed by atoms with Gasteiger partial charge in [-0.2, -0.15) is 4.31 Å². The zero-order valence-electron chi connectivity index (χ0n) is 19.9. The molecule has 1 N–H and O–H groups in total. The molecule has 3 atom stereocenters. The number of hydrogen-bond donors (Lipinski definition) is 1. The SMILES string of the molecule is CCCN(C)C[C@H]1Oc2cc(C#Cc3ccccc3)ccc2S(=O)(=O)N([C@@H](C)CO)C[C@H]1C. The maximum absolute atomic E-state index is 13.5. The molecule has 7 heteroatoms. The molecule has 3 rings (SSSR count). The minimum atomic E-state index is -3.85. The molecule has 2 aromatic carbocycles. The Balaban J connectivity index is 2.05. The summed E-state index contributed by atoms with van der Waals surface area (Å²) >= 11 is 0. The molecule has 0 amide bonds. The lowest BCUT2D eigenvalue weighted by Crippen LogP contribution is -2.49. The van der Waals surface area contributed by atoms with Crippen LogP contribution in [0, 0.1) is 17.8 Å². The summed E-state index contributed by atoms with van der Waals surface area (Å²) in [7, 11) is -1.80. The number of aliphatic hydroxyl groups is 1. The van der Waals surface area contributed by atoms with Crippen molar-refractivity contribution >= 4 is 10.0 Å². The van der Waals surface area contributed by atoms with E-state index >= 15 is 0 Å². The van der Waals surface area contributed by atoms with Gasteiger partial charge in [0, 0.05) is 36.2 Å². The first-order valence-electron chi connectivity index (χ1n) is 11.4. The lowest BCUT2D eigenvalue weighted by molar-refractivity contribution is 0.0752. The van der Waals surface area contributed by atoms with Crippen LogP contribution in [0.4, 0.5) is 0 Å². The van der Waals surface area contributed by atoms with Gasteiger partial charge in [-0.3, -0.25) is 0 Å². The van der Waals surface area contributed by atoms with Gasteiger partial charge in [-0.05, 0) is 57.3 Å². The molecule has 0 radical (unpaired) electrons. The molecule has 0 spiro atoms. The van der Waals surface area contributed by atoms with E-state index in [-0.39, 0.29) is 30.1 Å². The first kappa shape index (κ1) is 25.3. The summed E-state index contributed by atoms with van der Waals surface area (Å²) in [6.45, 7) is 7.49. The van der Waals surface area contributed by atoms with Gasteiger partial charge in [-0.15, -0.1) is 0 Å². The van der Waals surface area contributed by atoms with E-state index in [0.29, 0.717) is 17.9 Å². The number of aliphatic hydroxyl groups excluding tert-OH is 1. The lowest BCUT2D eigenvalue weighted by Gasteiger charge is -2.37. The van der Waals surface area contributed by atoms with Crippen molar-refractivity contribution in [2.75, 3.05) is 33.3 Å². The highest BCUT2D eigenvalue weighted by Gasteiger charge is 2.38. The summed E-state index contributed by atoms with van der Waals surface area (Å²) < 4.78 is 34.8. The minimum absolute atomic E-state index is 0.0692. The van der Waals surface area contributed by atoms with Crippen molar-refractivity contribution in [3.05, 3.63) is 59.7 Å². The maximum atomic E-state index is 13.5. The third kappa shape index (κ3) is 6.15. The van der Waals surface area contributed by atoms with Gasteiger partial charge in [0.1, 0.15) is 16.7 Å². The molecular formula is C26H34N2O4S. The van der Waals surface area contributed by atoms with Crippen LogP contribution in [0.2, 0.25) is 0 Å². The standard InChI is InChI=1S/C26H34N2O4S/c1-5-15-27(4)18-25-20(2)17-28(21(3)19-29)33(30,31)26-14-13-23(16-24(26)32-25)12-11-22-9-7-6-8-10-22/h6-10,13-14,16,20-21,25,29H,5,15,17-19H2,1-4H3/t20-,21+,25-/m1/s1. The van der Waals surface area contributed by atoms with E-state index in [1.54, 1.807) is 25.1 Å². The number of ether oxygens (including phenoxy) is 1. The number of rotatable bonds is 6.